The van der Waals surface area contributed by atoms with Gasteiger partial charge in [-0.15, -0.1) is 0 Å². The number of benzene rings is 3. The van der Waals surface area contributed by atoms with E-state index in [4.69, 9.17) is 0 Å². The third-order valence-corrected chi connectivity index (χ3v) is 7.05. The van der Waals surface area contributed by atoms with Gasteiger partial charge in [0.05, 0.1) is 0 Å². The maximum absolute atomic E-state index is 10.3. The first-order chi connectivity index (χ1) is 14.5. The number of para-hydroxylation sites is 1. The van der Waals surface area contributed by atoms with Gasteiger partial charge in [-0.2, -0.15) is 0 Å². The fourth-order valence-electron chi connectivity index (χ4n) is 5.47. The zero-order valence-electron chi connectivity index (χ0n) is 18.3. The quantitative estimate of drug-likeness (QED) is 0.423. The van der Waals surface area contributed by atoms with Crippen LogP contribution in [-0.4, -0.2) is 5.11 Å². The molecule has 0 saturated heterocycles. The molecule has 3 aromatic rings. The number of rotatable bonds is 8. The number of phenolic OH excluding ortho intramolecular Hbond substituents is 1. The fourth-order valence-corrected chi connectivity index (χ4v) is 5.47. The molecule has 0 atom stereocenters. The standard InChI is InChI=1S/C29H33O/c1-28(2,22-23-12-5-3-6-13-23)27(19-18-24-14-9-10-17-26(24)30)29(20-11-21-29)25-15-7-4-8-16-25/h3-10,12-17,30H,11,18-22H2,1-2H3. The van der Waals surface area contributed by atoms with Crippen LogP contribution in [0.1, 0.15) is 56.2 Å². The van der Waals surface area contributed by atoms with Gasteiger partial charge in [-0.3, -0.25) is 0 Å². The molecule has 0 spiro atoms. The Kier molecular flexibility index (Phi) is 5.99. The molecule has 30 heavy (non-hydrogen) atoms. The summed E-state index contributed by atoms with van der Waals surface area (Å²) in [5.41, 5.74) is 4.13. The van der Waals surface area contributed by atoms with Crippen molar-refractivity contribution in [1.82, 2.24) is 0 Å². The fraction of sp³-hybridized carbons (Fsp3) is 0.345. The van der Waals surface area contributed by atoms with Crippen LogP contribution in [0.25, 0.3) is 0 Å². The summed E-state index contributed by atoms with van der Waals surface area (Å²) in [6.45, 7) is 4.84. The van der Waals surface area contributed by atoms with E-state index in [1.165, 1.54) is 30.4 Å². The Morgan fingerprint density at radius 3 is 2.03 bits per heavy atom. The van der Waals surface area contributed by atoms with Crippen LogP contribution in [0.5, 0.6) is 5.75 Å². The second kappa shape index (κ2) is 8.68. The van der Waals surface area contributed by atoms with Gasteiger partial charge < -0.3 is 5.11 Å². The minimum absolute atomic E-state index is 0.0714. The van der Waals surface area contributed by atoms with Crippen LogP contribution in [0.4, 0.5) is 0 Å². The van der Waals surface area contributed by atoms with Gasteiger partial charge in [-0.05, 0) is 66.2 Å². The van der Waals surface area contributed by atoms with E-state index in [9.17, 15) is 5.11 Å². The lowest BCUT2D eigenvalue weighted by atomic mass is 9.50. The molecule has 3 aromatic carbocycles. The highest BCUT2D eigenvalue weighted by Crippen LogP contribution is 2.58. The Bertz CT molecular complexity index is 938. The Labute approximate surface area is 181 Å². The molecule has 1 aliphatic carbocycles. The Morgan fingerprint density at radius 2 is 1.43 bits per heavy atom. The zero-order valence-corrected chi connectivity index (χ0v) is 18.3. The average molecular weight is 398 g/mol. The predicted octanol–water partition coefficient (Wildman–Crippen LogP) is 7.29. The van der Waals surface area contributed by atoms with Gasteiger partial charge in [-0.1, -0.05) is 99.1 Å². The molecule has 0 aliphatic heterocycles. The van der Waals surface area contributed by atoms with Gasteiger partial charge in [0.2, 0.25) is 0 Å². The smallest absolute Gasteiger partial charge is 0.118 e. The molecule has 1 N–H and O–H groups in total. The highest BCUT2D eigenvalue weighted by molar-refractivity contribution is 5.40. The highest BCUT2D eigenvalue weighted by Gasteiger charge is 2.50. The molecule has 0 amide bonds. The monoisotopic (exact) mass is 397 g/mol. The van der Waals surface area contributed by atoms with Crippen LogP contribution >= 0.6 is 0 Å². The lowest BCUT2D eigenvalue weighted by molar-refractivity contribution is 0.170. The van der Waals surface area contributed by atoms with Crippen molar-refractivity contribution in [2.24, 2.45) is 5.41 Å². The topological polar surface area (TPSA) is 20.2 Å². The summed E-state index contributed by atoms with van der Waals surface area (Å²) < 4.78 is 0. The van der Waals surface area contributed by atoms with Gasteiger partial charge >= 0.3 is 0 Å². The number of hydrogen-bond acceptors (Lipinski definition) is 1. The van der Waals surface area contributed by atoms with E-state index in [1.807, 2.05) is 12.1 Å². The van der Waals surface area contributed by atoms with E-state index in [0.717, 1.165) is 24.8 Å². The maximum atomic E-state index is 10.3. The third kappa shape index (κ3) is 4.17. The van der Waals surface area contributed by atoms with Gasteiger partial charge in [0.25, 0.3) is 0 Å². The van der Waals surface area contributed by atoms with E-state index in [2.05, 4.69) is 80.6 Å². The maximum Gasteiger partial charge on any atom is 0.118 e. The Hall–Kier alpha value is -2.54. The highest BCUT2D eigenvalue weighted by atomic mass is 16.3. The van der Waals surface area contributed by atoms with Gasteiger partial charge in [0.1, 0.15) is 5.75 Å². The van der Waals surface area contributed by atoms with Crippen molar-refractivity contribution in [3.8, 4) is 5.75 Å². The lowest BCUT2D eigenvalue weighted by Gasteiger charge is -2.54. The molecule has 4 rings (SSSR count). The van der Waals surface area contributed by atoms with Gasteiger partial charge in [0, 0.05) is 5.41 Å². The molecule has 0 aromatic heterocycles. The molecule has 0 bridgehead atoms. The number of aryl methyl sites for hydroxylation is 1. The van der Waals surface area contributed by atoms with Crippen molar-refractivity contribution in [3.63, 3.8) is 0 Å². The van der Waals surface area contributed by atoms with Crippen LogP contribution in [0.15, 0.2) is 84.9 Å². The molecular weight excluding hydrogens is 364 g/mol. The molecule has 1 fully saturated rings. The molecular formula is C29H33O. The minimum Gasteiger partial charge on any atom is -0.508 e. The van der Waals surface area contributed by atoms with Crippen molar-refractivity contribution in [3.05, 3.63) is 108 Å². The normalized spacial score (nSPS) is 15.7. The summed E-state index contributed by atoms with van der Waals surface area (Å²) in [6.07, 6.45) is 6.67. The van der Waals surface area contributed by atoms with Crippen molar-refractivity contribution in [2.45, 2.75) is 57.8 Å². The third-order valence-electron chi connectivity index (χ3n) is 7.05. The molecule has 1 radical (unpaired) electrons. The van der Waals surface area contributed by atoms with E-state index in [1.54, 1.807) is 12.0 Å². The minimum atomic E-state index is 0.0714. The van der Waals surface area contributed by atoms with Gasteiger partial charge in [-0.25, -0.2) is 0 Å². The summed E-state index contributed by atoms with van der Waals surface area (Å²) in [4.78, 5) is 0. The summed E-state index contributed by atoms with van der Waals surface area (Å²) in [5, 5.41) is 10.3. The number of aromatic hydroxyl groups is 1. The van der Waals surface area contributed by atoms with Crippen molar-refractivity contribution in [1.29, 1.82) is 0 Å². The summed E-state index contributed by atoms with van der Waals surface area (Å²) in [6, 6.07) is 29.8. The SMILES string of the molecule is CC(C)(Cc1ccccc1)[C](CCc1ccccc1O)C1(c2ccccc2)CCC1. The van der Waals surface area contributed by atoms with E-state index >= 15 is 0 Å². The molecule has 1 aliphatic rings. The Morgan fingerprint density at radius 1 is 0.833 bits per heavy atom. The van der Waals surface area contributed by atoms with Crippen LogP contribution in [-0.2, 0) is 18.3 Å². The second-order valence-corrected chi connectivity index (χ2v) is 9.46. The largest absolute Gasteiger partial charge is 0.508 e. The molecule has 0 unspecified atom stereocenters. The molecule has 155 valence electrons. The van der Waals surface area contributed by atoms with E-state index in [-0.39, 0.29) is 10.8 Å². The van der Waals surface area contributed by atoms with Crippen LogP contribution < -0.4 is 0 Å². The summed E-state index contributed by atoms with van der Waals surface area (Å²) in [5.74, 6) is 2.06. The van der Waals surface area contributed by atoms with Crippen molar-refractivity contribution < 1.29 is 5.11 Å². The molecule has 0 heterocycles. The second-order valence-electron chi connectivity index (χ2n) is 9.46. The predicted molar refractivity (Wildman–Crippen MR) is 126 cm³/mol. The first kappa shape index (κ1) is 20.7. The number of hydrogen-bond donors (Lipinski definition) is 1. The van der Waals surface area contributed by atoms with Crippen molar-refractivity contribution in [2.75, 3.05) is 0 Å². The van der Waals surface area contributed by atoms with Crippen LogP contribution in [0.3, 0.4) is 0 Å². The van der Waals surface area contributed by atoms with E-state index < -0.39 is 0 Å². The molecule has 1 heteroatoms. The molecule has 1 nitrogen and oxygen atoms in total. The van der Waals surface area contributed by atoms with E-state index in [0.29, 0.717) is 5.75 Å². The summed E-state index contributed by atoms with van der Waals surface area (Å²) >= 11 is 0. The lowest BCUT2D eigenvalue weighted by Crippen LogP contribution is -2.47. The first-order valence-electron chi connectivity index (χ1n) is 11.2. The zero-order chi connectivity index (χ0) is 21.0. The summed E-state index contributed by atoms with van der Waals surface area (Å²) in [7, 11) is 0. The Balaban J connectivity index is 1.68. The average Bonchev–Trinajstić information content (AvgIpc) is 2.72. The number of phenols is 1. The van der Waals surface area contributed by atoms with Crippen molar-refractivity contribution >= 4 is 0 Å². The van der Waals surface area contributed by atoms with Crippen LogP contribution in [0, 0.1) is 11.3 Å². The van der Waals surface area contributed by atoms with Gasteiger partial charge in [0.15, 0.2) is 0 Å². The molecule has 1 saturated carbocycles. The first-order valence-corrected chi connectivity index (χ1v) is 11.2. The van der Waals surface area contributed by atoms with Crippen LogP contribution in [0.2, 0.25) is 0 Å².